The van der Waals surface area contributed by atoms with Gasteiger partial charge in [-0.1, -0.05) is 12.1 Å². The molecule has 4 heteroatoms. The molecule has 3 rings (SSSR count). The first-order valence-electron chi connectivity index (χ1n) is 6.50. The Labute approximate surface area is 112 Å². The molecule has 1 aliphatic heterocycles. The lowest BCUT2D eigenvalue weighted by atomic mass is 10.1. The summed E-state index contributed by atoms with van der Waals surface area (Å²) in [6.45, 7) is 3.32. The number of pyridine rings is 1. The van der Waals surface area contributed by atoms with Gasteiger partial charge in [-0.15, -0.1) is 0 Å². The molecule has 0 amide bonds. The van der Waals surface area contributed by atoms with Gasteiger partial charge in [0.25, 0.3) is 0 Å². The highest BCUT2D eigenvalue weighted by Crippen LogP contribution is 2.33. The van der Waals surface area contributed by atoms with E-state index in [2.05, 4.69) is 9.88 Å². The molecule has 0 saturated carbocycles. The van der Waals surface area contributed by atoms with Gasteiger partial charge >= 0.3 is 0 Å². The topological polar surface area (TPSA) is 45.6 Å². The lowest BCUT2D eigenvalue weighted by molar-refractivity contribution is 0.0839. The summed E-state index contributed by atoms with van der Waals surface area (Å²) in [6.07, 6.45) is 2.57. The molecule has 0 aliphatic carbocycles. The molecule has 1 unspecified atom stereocenters. The number of methoxy groups -OCH3 is 1. The minimum Gasteiger partial charge on any atom is -0.496 e. The molecule has 0 radical (unpaired) electrons. The zero-order valence-corrected chi connectivity index (χ0v) is 11.3. The van der Waals surface area contributed by atoms with Crippen molar-refractivity contribution in [3.8, 4) is 5.75 Å². The molecule has 0 bridgehead atoms. The average Bonchev–Trinajstić information content (AvgIpc) is 2.77. The van der Waals surface area contributed by atoms with Gasteiger partial charge in [0.15, 0.2) is 0 Å². The van der Waals surface area contributed by atoms with Crippen LogP contribution in [0, 0.1) is 0 Å². The molecule has 2 aromatic rings. The van der Waals surface area contributed by atoms with Gasteiger partial charge < -0.3 is 14.7 Å². The Morgan fingerprint density at radius 2 is 2.16 bits per heavy atom. The van der Waals surface area contributed by atoms with Crippen molar-refractivity contribution in [2.45, 2.75) is 18.9 Å². The lowest BCUT2D eigenvalue weighted by Gasteiger charge is -2.21. The molecular weight excluding hydrogens is 240 g/mol. The summed E-state index contributed by atoms with van der Waals surface area (Å²) in [5.74, 6) is 1.78. The Morgan fingerprint density at radius 1 is 1.32 bits per heavy atom. The number of hydrogen-bond acceptors (Lipinski definition) is 4. The molecule has 1 N–H and O–H groups in total. The van der Waals surface area contributed by atoms with Gasteiger partial charge in [-0.2, -0.15) is 0 Å². The number of β-amino-alcohol motifs (C(OH)–C–C–N with tert-alkyl or cyclic N) is 1. The monoisotopic (exact) mass is 258 g/mol. The van der Waals surface area contributed by atoms with Gasteiger partial charge in [0.1, 0.15) is 11.6 Å². The second-order valence-corrected chi connectivity index (χ2v) is 5.36. The van der Waals surface area contributed by atoms with Crippen LogP contribution in [-0.4, -0.2) is 35.9 Å². The van der Waals surface area contributed by atoms with Crippen LogP contribution in [0.1, 0.15) is 13.3 Å². The summed E-state index contributed by atoms with van der Waals surface area (Å²) in [4.78, 5) is 6.63. The van der Waals surface area contributed by atoms with Gasteiger partial charge in [-0.25, -0.2) is 4.98 Å². The first-order valence-corrected chi connectivity index (χ1v) is 6.50. The van der Waals surface area contributed by atoms with E-state index in [1.807, 2.05) is 31.2 Å². The summed E-state index contributed by atoms with van der Waals surface area (Å²) < 4.78 is 5.39. The Balaban J connectivity index is 2.10. The number of rotatable bonds is 2. The quantitative estimate of drug-likeness (QED) is 0.897. The number of fused-ring (bicyclic) bond motifs is 1. The molecule has 1 aromatic heterocycles. The minimum atomic E-state index is -0.622. The van der Waals surface area contributed by atoms with Crippen LogP contribution in [0.25, 0.3) is 10.8 Å². The van der Waals surface area contributed by atoms with Gasteiger partial charge in [-0.3, -0.25) is 0 Å². The van der Waals surface area contributed by atoms with Crippen molar-refractivity contribution in [1.82, 2.24) is 4.98 Å². The van der Waals surface area contributed by atoms with E-state index >= 15 is 0 Å². The molecule has 0 spiro atoms. The first-order chi connectivity index (χ1) is 9.11. The molecule has 1 atom stereocenters. The average molecular weight is 258 g/mol. The van der Waals surface area contributed by atoms with E-state index in [9.17, 15) is 5.11 Å². The van der Waals surface area contributed by atoms with Crippen LogP contribution in [0.4, 0.5) is 5.82 Å². The second kappa shape index (κ2) is 4.38. The van der Waals surface area contributed by atoms with Crippen molar-refractivity contribution in [2.75, 3.05) is 25.1 Å². The minimum absolute atomic E-state index is 0.621. The van der Waals surface area contributed by atoms with Crippen molar-refractivity contribution < 1.29 is 9.84 Å². The van der Waals surface area contributed by atoms with Gasteiger partial charge in [0.05, 0.1) is 12.7 Å². The predicted molar refractivity (Wildman–Crippen MR) is 75.7 cm³/mol. The highest BCUT2D eigenvalue weighted by Gasteiger charge is 2.32. The molecule has 1 fully saturated rings. The summed E-state index contributed by atoms with van der Waals surface area (Å²) in [5.41, 5.74) is -0.622. The van der Waals surface area contributed by atoms with Gasteiger partial charge in [0, 0.05) is 30.1 Å². The number of aromatic nitrogens is 1. The summed E-state index contributed by atoms with van der Waals surface area (Å²) in [5, 5.41) is 12.2. The number of benzene rings is 1. The van der Waals surface area contributed by atoms with E-state index in [0.29, 0.717) is 6.54 Å². The molecular formula is C15H18N2O2. The standard InChI is InChI=1S/C15H18N2O2/c1-15(18)7-9-17(10-15)14-12-4-3-5-13(19-2)11(12)6-8-16-14/h3-6,8,18H,7,9-10H2,1-2H3. The lowest BCUT2D eigenvalue weighted by Crippen LogP contribution is -2.30. The van der Waals surface area contributed by atoms with Crippen molar-refractivity contribution in [1.29, 1.82) is 0 Å². The van der Waals surface area contributed by atoms with Crippen LogP contribution >= 0.6 is 0 Å². The van der Waals surface area contributed by atoms with Crippen LogP contribution in [0.2, 0.25) is 0 Å². The third kappa shape index (κ3) is 2.12. The van der Waals surface area contributed by atoms with Crippen molar-refractivity contribution >= 4 is 16.6 Å². The van der Waals surface area contributed by atoms with Crippen molar-refractivity contribution in [3.63, 3.8) is 0 Å². The summed E-state index contributed by atoms with van der Waals surface area (Å²) in [6, 6.07) is 7.94. The fourth-order valence-corrected chi connectivity index (χ4v) is 2.72. The summed E-state index contributed by atoms with van der Waals surface area (Å²) in [7, 11) is 1.68. The van der Waals surface area contributed by atoms with Crippen LogP contribution in [0.3, 0.4) is 0 Å². The maximum atomic E-state index is 10.1. The molecule has 1 aromatic carbocycles. The van der Waals surface area contributed by atoms with E-state index in [1.54, 1.807) is 13.3 Å². The predicted octanol–water partition coefficient (Wildman–Crippen LogP) is 2.20. The largest absolute Gasteiger partial charge is 0.496 e. The van der Waals surface area contributed by atoms with Crippen LogP contribution in [0.5, 0.6) is 5.75 Å². The highest BCUT2D eigenvalue weighted by atomic mass is 16.5. The Bertz CT molecular complexity index is 610. The molecule has 4 nitrogen and oxygen atoms in total. The SMILES string of the molecule is COc1cccc2c(N3CCC(C)(O)C3)nccc12. The number of anilines is 1. The zero-order chi connectivity index (χ0) is 13.5. The van der Waals surface area contributed by atoms with E-state index in [-0.39, 0.29) is 0 Å². The van der Waals surface area contributed by atoms with Crippen LogP contribution in [0.15, 0.2) is 30.5 Å². The van der Waals surface area contributed by atoms with Crippen LogP contribution in [-0.2, 0) is 0 Å². The highest BCUT2D eigenvalue weighted by molar-refractivity contribution is 5.96. The molecule has 19 heavy (non-hydrogen) atoms. The maximum absolute atomic E-state index is 10.1. The smallest absolute Gasteiger partial charge is 0.136 e. The Hall–Kier alpha value is -1.81. The molecule has 1 aliphatic rings. The Morgan fingerprint density at radius 3 is 2.84 bits per heavy atom. The number of hydrogen-bond donors (Lipinski definition) is 1. The van der Waals surface area contributed by atoms with Crippen molar-refractivity contribution in [2.24, 2.45) is 0 Å². The van der Waals surface area contributed by atoms with E-state index in [4.69, 9.17) is 4.74 Å². The van der Waals surface area contributed by atoms with Crippen molar-refractivity contribution in [3.05, 3.63) is 30.5 Å². The van der Waals surface area contributed by atoms with E-state index in [0.717, 1.165) is 35.3 Å². The van der Waals surface area contributed by atoms with Crippen LogP contribution < -0.4 is 9.64 Å². The van der Waals surface area contributed by atoms with Gasteiger partial charge in [-0.05, 0) is 25.5 Å². The zero-order valence-electron chi connectivity index (χ0n) is 11.3. The fraction of sp³-hybridized carbons (Fsp3) is 0.400. The fourth-order valence-electron chi connectivity index (χ4n) is 2.72. The Kier molecular flexibility index (Phi) is 2.82. The molecule has 1 saturated heterocycles. The number of aliphatic hydroxyl groups is 1. The molecule has 2 heterocycles. The van der Waals surface area contributed by atoms with E-state index in [1.165, 1.54) is 0 Å². The first kappa shape index (κ1) is 12.2. The number of ether oxygens (including phenoxy) is 1. The van der Waals surface area contributed by atoms with Gasteiger partial charge in [0.2, 0.25) is 0 Å². The number of nitrogens with zero attached hydrogens (tertiary/aromatic N) is 2. The summed E-state index contributed by atoms with van der Waals surface area (Å²) >= 11 is 0. The third-order valence-electron chi connectivity index (χ3n) is 3.72. The van der Waals surface area contributed by atoms with E-state index < -0.39 is 5.60 Å². The molecule has 100 valence electrons. The maximum Gasteiger partial charge on any atom is 0.136 e. The normalized spacial score (nSPS) is 23.0. The third-order valence-corrected chi connectivity index (χ3v) is 3.72. The second-order valence-electron chi connectivity index (χ2n) is 5.36.